The summed E-state index contributed by atoms with van der Waals surface area (Å²) in [6, 6.07) is 17.0. The highest BCUT2D eigenvalue weighted by molar-refractivity contribution is 7.98. The first-order chi connectivity index (χ1) is 12.3. The van der Waals surface area contributed by atoms with Crippen LogP contribution in [0.3, 0.4) is 0 Å². The predicted octanol–water partition coefficient (Wildman–Crippen LogP) is 4.03. The van der Waals surface area contributed by atoms with Gasteiger partial charge in [-0.25, -0.2) is 9.97 Å². The van der Waals surface area contributed by atoms with Crippen LogP contribution in [-0.4, -0.2) is 23.0 Å². The third-order valence-corrected chi connectivity index (χ3v) is 4.43. The van der Waals surface area contributed by atoms with Crippen molar-refractivity contribution in [2.45, 2.75) is 10.8 Å². The molecule has 1 aromatic carbocycles. The molecule has 5 nitrogen and oxygen atoms in total. The molecule has 0 fully saturated rings. The average Bonchev–Trinajstić information content (AvgIpc) is 2.67. The van der Waals surface area contributed by atoms with E-state index in [0.29, 0.717) is 11.4 Å². The van der Waals surface area contributed by atoms with Gasteiger partial charge in [-0.1, -0.05) is 18.2 Å². The number of ether oxygens (including phenoxy) is 1. The molecule has 0 aliphatic heterocycles. The van der Waals surface area contributed by atoms with Crippen molar-refractivity contribution in [1.29, 1.82) is 0 Å². The summed E-state index contributed by atoms with van der Waals surface area (Å²) >= 11 is 1.65. The van der Waals surface area contributed by atoms with Gasteiger partial charge in [-0.2, -0.15) is 0 Å². The Hall–Kier alpha value is -2.86. The van der Waals surface area contributed by atoms with Crippen molar-refractivity contribution < 1.29 is 9.53 Å². The van der Waals surface area contributed by atoms with Crippen molar-refractivity contribution in [3.63, 3.8) is 0 Å². The van der Waals surface area contributed by atoms with Gasteiger partial charge < -0.3 is 10.1 Å². The zero-order chi connectivity index (χ0) is 17.5. The summed E-state index contributed by atoms with van der Waals surface area (Å²) in [5.41, 5.74) is 2.24. The van der Waals surface area contributed by atoms with Crippen molar-refractivity contribution in [3.05, 3.63) is 78.1 Å². The van der Waals surface area contributed by atoms with Gasteiger partial charge >= 0.3 is 0 Å². The van der Waals surface area contributed by atoms with Crippen LogP contribution in [0.15, 0.2) is 72.0 Å². The minimum absolute atomic E-state index is 0.250. The number of amides is 1. The van der Waals surface area contributed by atoms with E-state index in [-0.39, 0.29) is 5.91 Å². The maximum Gasteiger partial charge on any atom is 0.261 e. The number of carbonyl (C=O) groups is 1. The van der Waals surface area contributed by atoms with Gasteiger partial charge in [-0.15, -0.1) is 11.8 Å². The SMILES string of the molecule is COc1ncccc1C(=O)Nc1cccc(CSc2ccccn2)c1. The van der Waals surface area contributed by atoms with E-state index in [4.69, 9.17) is 4.74 Å². The van der Waals surface area contributed by atoms with Crippen LogP contribution >= 0.6 is 11.8 Å². The van der Waals surface area contributed by atoms with Crippen molar-refractivity contribution in [2.75, 3.05) is 12.4 Å². The lowest BCUT2D eigenvalue weighted by Crippen LogP contribution is -2.13. The van der Waals surface area contributed by atoms with Crippen LogP contribution in [0.4, 0.5) is 5.69 Å². The molecule has 0 saturated heterocycles. The molecule has 6 heteroatoms. The van der Waals surface area contributed by atoms with E-state index in [1.165, 1.54) is 7.11 Å². The minimum Gasteiger partial charge on any atom is -0.480 e. The Morgan fingerprint density at radius 2 is 1.96 bits per heavy atom. The van der Waals surface area contributed by atoms with Crippen LogP contribution in [0, 0.1) is 0 Å². The van der Waals surface area contributed by atoms with E-state index >= 15 is 0 Å². The highest BCUT2D eigenvalue weighted by Gasteiger charge is 2.13. The maximum absolute atomic E-state index is 12.4. The smallest absolute Gasteiger partial charge is 0.261 e. The Balaban J connectivity index is 1.68. The molecule has 0 unspecified atom stereocenters. The molecular formula is C19H17N3O2S. The number of thioether (sulfide) groups is 1. The van der Waals surface area contributed by atoms with Crippen molar-refractivity contribution >= 4 is 23.4 Å². The summed E-state index contributed by atoms with van der Waals surface area (Å²) in [6.07, 6.45) is 3.37. The lowest BCUT2D eigenvalue weighted by Gasteiger charge is -2.09. The average molecular weight is 351 g/mol. The normalized spacial score (nSPS) is 10.3. The van der Waals surface area contributed by atoms with E-state index in [2.05, 4.69) is 15.3 Å². The van der Waals surface area contributed by atoms with E-state index in [9.17, 15) is 4.79 Å². The van der Waals surface area contributed by atoms with Crippen molar-refractivity contribution in [3.8, 4) is 5.88 Å². The minimum atomic E-state index is -0.250. The molecule has 0 saturated carbocycles. The molecule has 0 aliphatic carbocycles. The molecule has 126 valence electrons. The van der Waals surface area contributed by atoms with E-state index in [1.54, 1.807) is 36.3 Å². The number of aromatic nitrogens is 2. The van der Waals surface area contributed by atoms with E-state index < -0.39 is 0 Å². The first kappa shape index (κ1) is 17.0. The number of pyridine rings is 2. The van der Waals surface area contributed by atoms with Crippen LogP contribution in [0.25, 0.3) is 0 Å². The molecule has 2 heterocycles. The number of methoxy groups -OCH3 is 1. The molecule has 0 radical (unpaired) electrons. The summed E-state index contributed by atoms with van der Waals surface area (Å²) in [4.78, 5) is 20.8. The number of anilines is 1. The molecule has 25 heavy (non-hydrogen) atoms. The number of nitrogens with zero attached hydrogens (tertiary/aromatic N) is 2. The number of hydrogen-bond acceptors (Lipinski definition) is 5. The fraction of sp³-hybridized carbons (Fsp3) is 0.105. The molecule has 1 N–H and O–H groups in total. The summed E-state index contributed by atoms with van der Waals surface area (Å²) in [7, 11) is 1.49. The quantitative estimate of drug-likeness (QED) is 0.679. The van der Waals surface area contributed by atoms with Gasteiger partial charge in [-0.3, -0.25) is 4.79 Å². The first-order valence-electron chi connectivity index (χ1n) is 7.69. The Morgan fingerprint density at radius 1 is 1.08 bits per heavy atom. The van der Waals surface area contributed by atoms with E-state index in [1.807, 2.05) is 42.5 Å². The highest BCUT2D eigenvalue weighted by atomic mass is 32.2. The van der Waals surface area contributed by atoms with E-state index in [0.717, 1.165) is 22.0 Å². The fourth-order valence-electron chi connectivity index (χ4n) is 2.25. The molecule has 0 bridgehead atoms. The van der Waals surface area contributed by atoms with Crippen molar-refractivity contribution in [1.82, 2.24) is 9.97 Å². The van der Waals surface area contributed by atoms with Gasteiger partial charge in [0.1, 0.15) is 5.56 Å². The molecule has 0 aliphatic rings. The number of hydrogen-bond donors (Lipinski definition) is 1. The number of carbonyl (C=O) groups excluding carboxylic acids is 1. The molecule has 0 spiro atoms. The molecule has 3 rings (SSSR count). The third-order valence-electron chi connectivity index (χ3n) is 3.42. The lowest BCUT2D eigenvalue weighted by molar-refractivity contribution is 0.102. The largest absolute Gasteiger partial charge is 0.480 e. The Morgan fingerprint density at radius 3 is 2.76 bits per heavy atom. The molecule has 2 aromatic heterocycles. The number of nitrogens with one attached hydrogen (secondary N) is 1. The van der Waals surface area contributed by atoms with Crippen molar-refractivity contribution in [2.24, 2.45) is 0 Å². The second-order valence-electron chi connectivity index (χ2n) is 5.17. The monoisotopic (exact) mass is 351 g/mol. The summed E-state index contributed by atoms with van der Waals surface area (Å²) in [6.45, 7) is 0. The number of benzene rings is 1. The zero-order valence-corrected chi connectivity index (χ0v) is 14.5. The molecule has 3 aromatic rings. The zero-order valence-electron chi connectivity index (χ0n) is 13.7. The maximum atomic E-state index is 12.4. The van der Waals surface area contributed by atoms with Crippen LogP contribution in [0.1, 0.15) is 15.9 Å². The first-order valence-corrected chi connectivity index (χ1v) is 8.68. The second-order valence-corrected chi connectivity index (χ2v) is 6.17. The van der Waals surface area contributed by atoms with Gasteiger partial charge in [0.25, 0.3) is 5.91 Å². The molecular weight excluding hydrogens is 334 g/mol. The van der Waals surface area contributed by atoms with Gasteiger partial charge in [0, 0.05) is 23.8 Å². The van der Waals surface area contributed by atoms with Crippen LogP contribution in [-0.2, 0) is 5.75 Å². The standard InChI is InChI=1S/C19H17N3O2S/c1-24-19-16(8-5-11-21-19)18(23)22-15-7-4-6-14(12-15)13-25-17-9-2-3-10-20-17/h2-12H,13H2,1H3,(H,22,23). The Labute approximate surface area is 150 Å². The van der Waals surface area contributed by atoms with Crippen LogP contribution < -0.4 is 10.1 Å². The highest BCUT2D eigenvalue weighted by Crippen LogP contribution is 2.23. The second kappa shape index (κ2) is 8.30. The predicted molar refractivity (Wildman–Crippen MR) is 99.0 cm³/mol. The number of rotatable bonds is 6. The lowest BCUT2D eigenvalue weighted by atomic mass is 10.2. The summed E-state index contributed by atoms with van der Waals surface area (Å²) < 4.78 is 5.13. The van der Waals surface area contributed by atoms with Gasteiger partial charge in [0.2, 0.25) is 5.88 Å². The molecule has 0 atom stereocenters. The summed E-state index contributed by atoms with van der Waals surface area (Å²) in [5, 5.41) is 3.86. The van der Waals surface area contributed by atoms with Crippen LogP contribution in [0.2, 0.25) is 0 Å². The summed E-state index contributed by atoms with van der Waals surface area (Å²) in [5.74, 6) is 0.832. The Bertz CT molecular complexity index is 856. The molecule has 1 amide bonds. The third kappa shape index (κ3) is 4.58. The van der Waals surface area contributed by atoms with Gasteiger partial charge in [-0.05, 0) is 42.0 Å². The van der Waals surface area contributed by atoms with Gasteiger partial charge in [0.15, 0.2) is 0 Å². The topological polar surface area (TPSA) is 64.1 Å². The fourth-order valence-corrected chi connectivity index (χ4v) is 3.06. The Kier molecular flexibility index (Phi) is 5.64. The van der Waals surface area contributed by atoms with Crippen LogP contribution in [0.5, 0.6) is 5.88 Å². The van der Waals surface area contributed by atoms with Gasteiger partial charge in [0.05, 0.1) is 12.1 Å².